The van der Waals surface area contributed by atoms with E-state index in [0.717, 1.165) is 51.5 Å². The highest BCUT2D eigenvalue weighted by molar-refractivity contribution is 5.82. The lowest BCUT2D eigenvalue weighted by molar-refractivity contribution is -0.138. The predicted molar refractivity (Wildman–Crippen MR) is 90.0 cm³/mol. The van der Waals surface area contributed by atoms with E-state index in [4.69, 9.17) is 0 Å². The fraction of sp³-hybridized carbons (Fsp3) is 0.765. The zero-order chi connectivity index (χ0) is 16.2. The average Bonchev–Trinajstić information content (AvgIpc) is 2.83. The molecule has 0 N–H and O–H groups in total. The number of aromatic nitrogens is 2. The number of piperazine rings is 1. The molecule has 23 heavy (non-hydrogen) atoms. The van der Waals surface area contributed by atoms with Gasteiger partial charge >= 0.3 is 0 Å². The van der Waals surface area contributed by atoms with Crippen LogP contribution < -0.4 is 0 Å². The third-order valence-corrected chi connectivity index (χ3v) is 5.28. The van der Waals surface area contributed by atoms with Crippen LogP contribution in [0.3, 0.4) is 0 Å². The lowest BCUT2D eigenvalue weighted by Crippen LogP contribution is -2.54. The van der Waals surface area contributed by atoms with E-state index in [9.17, 15) is 4.79 Å². The Kier molecular flexibility index (Phi) is 5.33. The third-order valence-electron chi connectivity index (χ3n) is 5.28. The molecule has 1 unspecified atom stereocenters. The number of imidazole rings is 1. The Balaban J connectivity index is 1.51. The normalized spacial score (nSPS) is 24.6. The molecule has 1 aromatic heterocycles. The summed E-state index contributed by atoms with van der Waals surface area (Å²) in [5, 5.41) is 0. The number of aryl methyl sites for hydroxylation is 1. The van der Waals surface area contributed by atoms with Gasteiger partial charge < -0.3 is 9.47 Å². The number of likely N-dealkylation sites (N-methyl/N-ethyl adjacent to an activating group) is 1. The van der Waals surface area contributed by atoms with E-state index in [1.165, 1.54) is 19.3 Å². The highest BCUT2D eigenvalue weighted by Gasteiger charge is 2.30. The number of amides is 1. The lowest BCUT2D eigenvalue weighted by atomic mass is 10.1. The molecule has 0 bridgehead atoms. The fourth-order valence-electron chi connectivity index (χ4n) is 3.65. The van der Waals surface area contributed by atoms with Crippen molar-refractivity contribution in [3.8, 4) is 0 Å². The van der Waals surface area contributed by atoms with E-state index < -0.39 is 0 Å². The van der Waals surface area contributed by atoms with Gasteiger partial charge in [0.1, 0.15) is 5.82 Å². The summed E-state index contributed by atoms with van der Waals surface area (Å²) in [6.45, 7) is 5.48. The molecular formula is C17H29N5O. The molecule has 0 aliphatic carbocycles. The summed E-state index contributed by atoms with van der Waals surface area (Å²) in [7, 11) is 4.13. The molecule has 0 spiro atoms. The summed E-state index contributed by atoms with van der Waals surface area (Å²) in [6.07, 6.45) is 8.50. The lowest BCUT2D eigenvalue weighted by Gasteiger charge is -2.37. The van der Waals surface area contributed by atoms with Crippen LogP contribution in [0.25, 0.3) is 0 Å². The Morgan fingerprint density at radius 2 is 1.91 bits per heavy atom. The van der Waals surface area contributed by atoms with Gasteiger partial charge in [-0.1, -0.05) is 12.8 Å². The molecule has 0 aromatic carbocycles. The van der Waals surface area contributed by atoms with E-state index in [-0.39, 0.29) is 6.04 Å². The number of likely N-dealkylation sites (tertiary alicyclic amines) is 1. The topological polar surface area (TPSA) is 44.6 Å². The molecule has 6 nitrogen and oxygen atoms in total. The minimum absolute atomic E-state index is 0.0959. The van der Waals surface area contributed by atoms with Crippen molar-refractivity contribution in [3.63, 3.8) is 0 Å². The minimum Gasteiger partial charge on any atom is -0.339 e. The zero-order valence-corrected chi connectivity index (χ0v) is 14.4. The molecule has 3 heterocycles. The van der Waals surface area contributed by atoms with E-state index in [0.29, 0.717) is 5.91 Å². The molecule has 0 saturated carbocycles. The molecule has 1 aromatic rings. The second-order valence-electron chi connectivity index (χ2n) is 6.90. The van der Waals surface area contributed by atoms with Gasteiger partial charge in [-0.3, -0.25) is 14.6 Å². The van der Waals surface area contributed by atoms with Crippen molar-refractivity contribution in [2.45, 2.75) is 38.3 Å². The number of hydrogen-bond donors (Lipinski definition) is 0. The standard InChI is InChI=1S/C17H29N5O/c1-19-8-5-3-4-6-15(19)17(23)22-12-10-21(11-13-22)14-16-18-7-9-20(16)2/h7,9,15H,3-6,8,10-14H2,1-2H3. The van der Waals surface area contributed by atoms with E-state index in [1.807, 2.05) is 19.4 Å². The molecular weight excluding hydrogens is 290 g/mol. The molecule has 2 saturated heterocycles. The molecule has 1 atom stereocenters. The molecule has 2 aliphatic rings. The summed E-state index contributed by atoms with van der Waals surface area (Å²) < 4.78 is 2.07. The van der Waals surface area contributed by atoms with Crippen molar-refractivity contribution >= 4 is 5.91 Å². The molecule has 2 fully saturated rings. The van der Waals surface area contributed by atoms with Gasteiger partial charge in [-0.25, -0.2) is 4.98 Å². The number of hydrogen-bond acceptors (Lipinski definition) is 4. The molecule has 3 rings (SSSR count). The maximum absolute atomic E-state index is 12.8. The van der Waals surface area contributed by atoms with Crippen molar-refractivity contribution in [2.24, 2.45) is 7.05 Å². The number of nitrogens with zero attached hydrogens (tertiary/aromatic N) is 5. The van der Waals surface area contributed by atoms with Crippen LogP contribution in [0.15, 0.2) is 12.4 Å². The maximum atomic E-state index is 12.8. The van der Waals surface area contributed by atoms with Gasteiger partial charge in [-0.05, 0) is 26.4 Å². The predicted octanol–water partition coefficient (Wildman–Crippen LogP) is 0.939. The molecule has 2 aliphatic heterocycles. The molecule has 128 valence electrons. The minimum atomic E-state index is 0.0959. The van der Waals surface area contributed by atoms with Crippen LogP contribution in [0.5, 0.6) is 0 Å². The van der Waals surface area contributed by atoms with Gasteiger partial charge in [0.25, 0.3) is 0 Å². The van der Waals surface area contributed by atoms with Gasteiger partial charge in [-0.2, -0.15) is 0 Å². The van der Waals surface area contributed by atoms with Crippen molar-refractivity contribution in [1.82, 2.24) is 24.3 Å². The van der Waals surface area contributed by atoms with Crippen LogP contribution in [0.2, 0.25) is 0 Å². The van der Waals surface area contributed by atoms with Crippen LogP contribution in [-0.4, -0.2) is 76.0 Å². The fourth-order valence-corrected chi connectivity index (χ4v) is 3.65. The van der Waals surface area contributed by atoms with Crippen LogP contribution in [-0.2, 0) is 18.4 Å². The highest BCUT2D eigenvalue weighted by atomic mass is 16.2. The first-order valence-electron chi connectivity index (χ1n) is 8.83. The Labute approximate surface area is 139 Å². The number of carbonyl (C=O) groups excluding carboxylic acids is 1. The Morgan fingerprint density at radius 1 is 1.13 bits per heavy atom. The van der Waals surface area contributed by atoms with E-state index in [2.05, 4.69) is 31.3 Å². The van der Waals surface area contributed by atoms with Gasteiger partial charge in [0.2, 0.25) is 5.91 Å². The van der Waals surface area contributed by atoms with E-state index >= 15 is 0 Å². The van der Waals surface area contributed by atoms with Gasteiger partial charge in [0, 0.05) is 45.6 Å². The van der Waals surface area contributed by atoms with Crippen LogP contribution in [0.1, 0.15) is 31.5 Å². The van der Waals surface area contributed by atoms with Crippen LogP contribution in [0, 0.1) is 0 Å². The van der Waals surface area contributed by atoms with Crippen LogP contribution in [0.4, 0.5) is 0 Å². The molecule has 6 heteroatoms. The Morgan fingerprint density at radius 3 is 2.61 bits per heavy atom. The summed E-state index contributed by atoms with van der Waals surface area (Å²) in [6, 6.07) is 0.0959. The van der Waals surface area contributed by atoms with Gasteiger partial charge in [0.05, 0.1) is 12.6 Å². The summed E-state index contributed by atoms with van der Waals surface area (Å²) in [5.74, 6) is 1.43. The Bertz CT molecular complexity index is 521. The smallest absolute Gasteiger partial charge is 0.240 e. The zero-order valence-electron chi connectivity index (χ0n) is 14.4. The number of carbonyl (C=O) groups is 1. The molecule has 1 amide bonds. The summed E-state index contributed by atoms with van der Waals surface area (Å²) in [5.41, 5.74) is 0. The average molecular weight is 319 g/mol. The quantitative estimate of drug-likeness (QED) is 0.832. The monoisotopic (exact) mass is 319 g/mol. The summed E-state index contributed by atoms with van der Waals surface area (Å²) >= 11 is 0. The maximum Gasteiger partial charge on any atom is 0.240 e. The van der Waals surface area contributed by atoms with Crippen molar-refractivity contribution < 1.29 is 4.79 Å². The highest BCUT2D eigenvalue weighted by Crippen LogP contribution is 2.18. The second-order valence-corrected chi connectivity index (χ2v) is 6.90. The first-order valence-corrected chi connectivity index (χ1v) is 8.83. The van der Waals surface area contributed by atoms with Crippen molar-refractivity contribution in [2.75, 3.05) is 39.8 Å². The number of rotatable bonds is 3. The first-order chi connectivity index (χ1) is 11.1. The molecule has 0 radical (unpaired) electrons. The first kappa shape index (κ1) is 16.5. The largest absolute Gasteiger partial charge is 0.339 e. The van der Waals surface area contributed by atoms with Crippen molar-refractivity contribution in [3.05, 3.63) is 18.2 Å². The summed E-state index contributed by atoms with van der Waals surface area (Å²) in [4.78, 5) is 24.0. The second kappa shape index (κ2) is 7.45. The van der Waals surface area contributed by atoms with Gasteiger partial charge in [0.15, 0.2) is 0 Å². The Hall–Kier alpha value is -1.40. The SMILES string of the molecule is CN1CCCCCC1C(=O)N1CCN(Cc2nccn2C)CC1. The van der Waals surface area contributed by atoms with Crippen molar-refractivity contribution in [1.29, 1.82) is 0 Å². The van der Waals surface area contributed by atoms with Gasteiger partial charge in [-0.15, -0.1) is 0 Å². The third kappa shape index (κ3) is 3.93. The van der Waals surface area contributed by atoms with Crippen LogP contribution >= 0.6 is 0 Å². The van der Waals surface area contributed by atoms with E-state index in [1.54, 1.807) is 0 Å².